The van der Waals surface area contributed by atoms with Crippen molar-refractivity contribution in [3.8, 4) is 12.3 Å². The molecule has 3 amide bonds. The summed E-state index contributed by atoms with van der Waals surface area (Å²) in [4.78, 5) is 42.0. The lowest BCUT2D eigenvalue weighted by Crippen LogP contribution is -2.55. The molecule has 1 aliphatic carbocycles. The summed E-state index contributed by atoms with van der Waals surface area (Å²) in [5.41, 5.74) is 0.708. The van der Waals surface area contributed by atoms with Gasteiger partial charge in [0, 0.05) is 18.2 Å². The van der Waals surface area contributed by atoms with Gasteiger partial charge in [0.1, 0.15) is 17.7 Å². The van der Waals surface area contributed by atoms with E-state index in [0.717, 1.165) is 32.1 Å². The molecule has 1 fully saturated rings. The number of hydrogen-bond donors (Lipinski definition) is 2. The molecule has 1 aliphatic rings. The second-order valence-electron chi connectivity index (χ2n) is 10.7. The van der Waals surface area contributed by atoms with Crippen LogP contribution in [0.1, 0.15) is 97.2 Å². The van der Waals surface area contributed by atoms with Gasteiger partial charge in [0.25, 0.3) is 0 Å². The van der Waals surface area contributed by atoms with Gasteiger partial charge in [-0.25, -0.2) is 4.79 Å². The van der Waals surface area contributed by atoms with Crippen molar-refractivity contribution in [2.24, 2.45) is 5.92 Å². The number of amides is 3. The van der Waals surface area contributed by atoms with Gasteiger partial charge in [-0.1, -0.05) is 58.1 Å². The maximum Gasteiger partial charge on any atom is 0.408 e. The summed E-state index contributed by atoms with van der Waals surface area (Å²) < 4.78 is 5.44. The predicted octanol–water partition coefficient (Wildman–Crippen LogP) is 4.95. The van der Waals surface area contributed by atoms with Gasteiger partial charge in [-0.05, 0) is 63.6 Å². The number of nitrogens with zero attached hydrogens (tertiary/aromatic N) is 1. The summed E-state index contributed by atoms with van der Waals surface area (Å²) in [6.07, 6.45) is 10.1. The molecule has 1 aromatic rings. The van der Waals surface area contributed by atoms with Crippen molar-refractivity contribution < 1.29 is 19.1 Å². The lowest BCUT2D eigenvalue weighted by Gasteiger charge is -2.36. The Bertz CT molecular complexity index is 925. The van der Waals surface area contributed by atoms with Crippen LogP contribution in [0, 0.1) is 18.3 Å². The second kappa shape index (κ2) is 13.3. The molecule has 0 radical (unpaired) electrons. The van der Waals surface area contributed by atoms with E-state index in [1.807, 2.05) is 26.0 Å². The average molecular weight is 498 g/mol. The van der Waals surface area contributed by atoms with Crippen molar-refractivity contribution in [3.05, 3.63) is 35.4 Å². The third-order valence-electron chi connectivity index (χ3n) is 6.35. The van der Waals surface area contributed by atoms with Crippen LogP contribution in [-0.2, 0) is 14.3 Å². The van der Waals surface area contributed by atoms with Gasteiger partial charge in [0.2, 0.25) is 11.8 Å². The first kappa shape index (κ1) is 29.2. The highest BCUT2D eigenvalue weighted by Crippen LogP contribution is 2.36. The van der Waals surface area contributed by atoms with Crippen LogP contribution in [0.25, 0.3) is 0 Å². The van der Waals surface area contributed by atoms with E-state index in [1.165, 1.54) is 0 Å². The SMILES string of the molecule is C#Cc1ccc(C(C(=O)NCCCCC)N(C(=O)C(NC(=O)OC(C)(C)C)C(C)CC)C2CC2)cc1. The minimum Gasteiger partial charge on any atom is -0.444 e. The van der Waals surface area contributed by atoms with Crippen LogP contribution in [0.2, 0.25) is 0 Å². The number of ether oxygens (including phenoxy) is 1. The van der Waals surface area contributed by atoms with E-state index in [1.54, 1.807) is 37.8 Å². The van der Waals surface area contributed by atoms with Crippen molar-refractivity contribution in [1.29, 1.82) is 0 Å². The Labute approximate surface area is 216 Å². The molecule has 1 saturated carbocycles. The van der Waals surface area contributed by atoms with Crippen LogP contribution in [0.3, 0.4) is 0 Å². The number of nitrogens with one attached hydrogen (secondary N) is 2. The highest BCUT2D eigenvalue weighted by atomic mass is 16.6. The lowest BCUT2D eigenvalue weighted by molar-refractivity contribution is -0.144. The number of benzene rings is 1. The van der Waals surface area contributed by atoms with Crippen molar-refractivity contribution in [2.75, 3.05) is 6.54 Å². The number of hydrogen-bond acceptors (Lipinski definition) is 4. The molecule has 198 valence electrons. The van der Waals surface area contributed by atoms with Crippen molar-refractivity contribution in [1.82, 2.24) is 15.5 Å². The molecule has 0 spiro atoms. The third-order valence-corrected chi connectivity index (χ3v) is 6.35. The molecular formula is C29H43N3O4. The highest BCUT2D eigenvalue weighted by Gasteiger charge is 2.45. The Morgan fingerprint density at radius 2 is 1.78 bits per heavy atom. The molecule has 7 heteroatoms. The van der Waals surface area contributed by atoms with Gasteiger partial charge in [-0.15, -0.1) is 6.42 Å². The van der Waals surface area contributed by atoms with E-state index in [9.17, 15) is 14.4 Å². The zero-order valence-corrected chi connectivity index (χ0v) is 22.7. The van der Waals surface area contributed by atoms with Gasteiger partial charge < -0.3 is 20.3 Å². The molecule has 0 heterocycles. The van der Waals surface area contributed by atoms with E-state index in [0.29, 0.717) is 24.1 Å². The van der Waals surface area contributed by atoms with Crippen LogP contribution in [0.5, 0.6) is 0 Å². The number of alkyl carbamates (subject to hydrolysis) is 1. The molecule has 7 nitrogen and oxygen atoms in total. The summed E-state index contributed by atoms with van der Waals surface area (Å²) in [5.74, 6) is 1.95. The van der Waals surface area contributed by atoms with E-state index >= 15 is 0 Å². The molecule has 2 rings (SSSR count). The number of carbonyl (C=O) groups excluding carboxylic acids is 3. The van der Waals surface area contributed by atoms with Crippen LogP contribution < -0.4 is 10.6 Å². The molecule has 0 bridgehead atoms. The van der Waals surface area contributed by atoms with Crippen LogP contribution in [0.15, 0.2) is 24.3 Å². The first-order valence-electron chi connectivity index (χ1n) is 13.2. The normalized spacial score (nSPS) is 15.7. The van der Waals surface area contributed by atoms with Crippen molar-refractivity contribution >= 4 is 17.9 Å². The topological polar surface area (TPSA) is 87.7 Å². The van der Waals surface area contributed by atoms with Crippen molar-refractivity contribution in [2.45, 2.75) is 104 Å². The predicted molar refractivity (Wildman–Crippen MR) is 142 cm³/mol. The molecule has 1 aromatic carbocycles. The maximum atomic E-state index is 14.1. The fraction of sp³-hybridized carbons (Fsp3) is 0.621. The first-order chi connectivity index (χ1) is 17.0. The van der Waals surface area contributed by atoms with Crippen LogP contribution >= 0.6 is 0 Å². The molecule has 0 aliphatic heterocycles. The largest absolute Gasteiger partial charge is 0.444 e. The summed E-state index contributed by atoms with van der Waals surface area (Å²) in [7, 11) is 0. The first-order valence-corrected chi connectivity index (χ1v) is 13.2. The summed E-state index contributed by atoms with van der Waals surface area (Å²) in [5, 5.41) is 5.83. The van der Waals surface area contributed by atoms with E-state index in [4.69, 9.17) is 11.2 Å². The molecule has 0 saturated heterocycles. The number of rotatable bonds is 12. The lowest BCUT2D eigenvalue weighted by atomic mass is 9.95. The summed E-state index contributed by atoms with van der Waals surface area (Å²) in [6.45, 7) is 11.9. The molecule has 3 unspecified atom stereocenters. The van der Waals surface area contributed by atoms with E-state index < -0.39 is 23.8 Å². The fourth-order valence-electron chi connectivity index (χ4n) is 4.03. The number of carbonyl (C=O) groups is 3. The van der Waals surface area contributed by atoms with Gasteiger partial charge in [0.15, 0.2) is 0 Å². The molecule has 2 N–H and O–H groups in total. The Balaban J connectivity index is 2.41. The van der Waals surface area contributed by atoms with Gasteiger partial charge in [0.05, 0.1) is 0 Å². The van der Waals surface area contributed by atoms with Crippen LogP contribution in [0.4, 0.5) is 4.79 Å². The molecule has 0 aromatic heterocycles. The molecular weight excluding hydrogens is 454 g/mol. The van der Waals surface area contributed by atoms with E-state index in [-0.39, 0.29) is 23.8 Å². The fourth-order valence-corrected chi connectivity index (χ4v) is 4.03. The van der Waals surface area contributed by atoms with Gasteiger partial charge in [-0.2, -0.15) is 0 Å². The van der Waals surface area contributed by atoms with Gasteiger partial charge in [-0.3, -0.25) is 9.59 Å². The van der Waals surface area contributed by atoms with E-state index in [2.05, 4.69) is 23.5 Å². The molecule has 3 atom stereocenters. The average Bonchev–Trinajstić information content (AvgIpc) is 3.66. The Morgan fingerprint density at radius 1 is 1.14 bits per heavy atom. The number of terminal acetylenes is 1. The highest BCUT2D eigenvalue weighted by molar-refractivity contribution is 5.92. The minimum atomic E-state index is -0.814. The quantitative estimate of drug-likeness (QED) is 0.316. The van der Waals surface area contributed by atoms with Crippen molar-refractivity contribution in [3.63, 3.8) is 0 Å². The molecule has 36 heavy (non-hydrogen) atoms. The minimum absolute atomic E-state index is 0.0665. The zero-order valence-electron chi connectivity index (χ0n) is 22.7. The van der Waals surface area contributed by atoms with Crippen LogP contribution in [-0.4, -0.2) is 47.0 Å². The number of unbranched alkanes of at least 4 members (excludes halogenated alkanes) is 2. The third kappa shape index (κ3) is 8.58. The maximum absolute atomic E-state index is 14.1. The zero-order chi connectivity index (χ0) is 26.9. The summed E-state index contributed by atoms with van der Waals surface area (Å²) in [6, 6.07) is 5.50. The standard InChI is InChI=1S/C29H43N3O4/c1-8-11-12-19-30-26(33)25(22-15-13-21(10-3)14-16-22)32(23-17-18-23)27(34)24(20(4)9-2)31-28(35)36-29(5,6)7/h3,13-16,20,23-25H,8-9,11-12,17-19H2,1-2,4-7H3,(H,30,33)(H,31,35). The van der Waals surface area contributed by atoms with Gasteiger partial charge >= 0.3 is 6.09 Å². The monoisotopic (exact) mass is 497 g/mol. The Morgan fingerprint density at radius 3 is 2.28 bits per heavy atom. The Hall–Kier alpha value is -3.01. The Kier molecular flexibility index (Phi) is 10.8. The second-order valence-corrected chi connectivity index (χ2v) is 10.7. The summed E-state index contributed by atoms with van der Waals surface area (Å²) >= 11 is 0. The smallest absolute Gasteiger partial charge is 0.408 e.